The maximum Gasteiger partial charge on any atom is 0.410 e. The van der Waals surface area contributed by atoms with E-state index in [0.29, 0.717) is 16.9 Å². The van der Waals surface area contributed by atoms with E-state index < -0.39 is 39.9 Å². The van der Waals surface area contributed by atoms with Crippen LogP contribution in [0.2, 0.25) is 0 Å². The molecular formula is C37H39FN6O7S. The van der Waals surface area contributed by atoms with Gasteiger partial charge in [-0.1, -0.05) is 24.3 Å². The van der Waals surface area contributed by atoms with Gasteiger partial charge in [0.05, 0.1) is 23.6 Å². The van der Waals surface area contributed by atoms with Crippen LogP contribution in [0.25, 0.3) is 16.8 Å². The number of benzene rings is 3. The molecule has 0 unspecified atom stereocenters. The number of likely N-dealkylation sites (N-methyl/N-ethyl adjacent to an activating group) is 1. The first kappa shape index (κ1) is 37.4. The maximum absolute atomic E-state index is 14.0. The highest BCUT2D eigenvalue weighted by atomic mass is 32.2. The lowest BCUT2D eigenvalue weighted by Gasteiger charge is -2.27. The molecule has 0 aliphatic rings. The molecule has 2 aromatic heterocycles. The number of halogens is 1. The lowest BCUT2D eigenvalue weighted by Crippen LogP contribution is -2.42. The number of anilines is 3. The quantitative estimate of drug-likeness (QED) is 0.177. The van der Waals surface area contributed by atoms with Crippen molar-refractivity contribution in [1.82, 2.24) is 19.5 Å². The first-order valence-electron chi connectivity index (χ1n) is 16.1. The Hall–Kier alpha value is -5.83. The molecule has 272 valence electrons. The average Bonchev–Trinajstić information content (AvgIpc) is 3.50. The molecule has 52 heavy (non-hydrogen) atoms. The molecule has 0 fully saturated rings. The maximum atomic E-state index is 14.0. The summed E-state index contributed by atoms with van der Waals surface area (Å²) in [5.74, 6) is -1.72. The molecule has 5 rings (SSSR count). The Balaban J connectivity index is 1.44. The molecule has 3 amide bonds. The number of rotatable bonds is 10. The number of fused-ring (bicyclic) bond motifs is 1. The summed E-state index contributed by atoms with van der Waals surface area (Å²) in [7, 11) is -0.851. The lowest BCUT2D eigenvalue weighted by molar-refractivity contribution is -0.119. The fourth-order valence-corrected chi connectivity index (χ4v) is 5.78. The molecule has 5 aromatic rings. The van der Waals surface area contributed by atoms with Crippen molar-refractivity contribution < 1.29 is 36.7 Å². The van der Waals surface area contributed by atoms with Crippen LogP contribution in [0.1, 0.15) is 39.2 Å². The third-order valence-corrected chi connectivity index (χ3v) is 9.03. The number of pyridine rings is 1. The van der Waals surface area contributed by atoms with Crippen molar-refractivity contribution in [3.63, 3.8) is 0 Å². The zero-order chi connectivity index (χ0) is 38.0. The van der Waals surface area contributed by atoms with Crippen LogP contribution in [0.15, 0.2) is 90.0 Å². The van der Waals surface area contributed by atoms with Gasteiger partial charge in [0.25, 0.3) is 11.9 Å². The van der Waals surface area contributed by atoms with Gasteiger partial charge in [0.15, 0.2) is 15.5 Å². The average molecular weight is 731 g/mol. The predicted molar refractivity (Wildman–Crippen MR) is 194 cm³/mol. The number of amides is 3. The molecule has 0 saturated carbocycles. The molecule has 0 spiro atoms. The van der Waals surface area contributed by atoms with Crippen LogP contribution in [-0.4, -0.2) is 78.4 Å². The summed E-state index contributed by atoms with van der Waals surface area (Å²) in [6, 6.07) is 20.6. The Labute approximate surface area is 300 Å². The van der Waals surface area contributed by atoms with E-state index in [1.54, 1.807) is 64.2 Å². The third-order valence-electron chi connectivity index (χ3n) is 7.92. The predicted octanol–water partition coefficient (Wildman–Crippen LogP) is 6.22. The third kappa shape index (κ3) is 8.72. The van der Waals surface area contributed by atoms with E-state index in [-0.39, 0.29) is 34.0 Å². The number of hydrogen-bond donors (Lipinski definition) is 1. The van der Waals surface area contributed by atoms with E-state index >= 15 is 0 Å². The SMILES string of the molecule is COc1cc(S(C)(=O)=O)ccc1N(C(=O)CN(C)C(=O)OC(C)(C)C)c1nc2ccc(-c3ccc(NC(=O)[C@H](C)c4ccc(F)cc4)cc3)cn2n1. The normalized spacial score (nSPS) is 12.2. The Morgan fingerprint density at radius 3 is 2.23 bits per heavy atom. The van der Waals surface area contributed by atoms with Gasteiger partial charge in [0.2, 0.25) is 5.91 Å². The summed E-state index contributed by atoms with van der Waals surface area (Å²) >= 11 is 0. The fraction of sp³-hybridized carbons (Fsp3) is 0.270. The van der Waals surface area contributed by atoms with E-state index in [4.69, 9.17) is 9.47 Å². The number of hydrogen-bond acceptors (Lipinski definition) is 9. The number of carbonyl (C=O) groups is 3. The van der Waals surface area contributed by atoms with Gasteiger partial charge in [-0.05, 0) is 87.4 Å². The summed E-state index contributed by atoms with van der Waals surface area (Å²) in [6.07, 6.45) is 2.05. The second kappa shape index (κ2) is 14.8. The van der Waals surface area contributed by atoms with Crippen molar-refractivity contribution in [2.24, 2.45) is 0 Å². The number of nitrogens with one attached hydrogen (secondary N) is 1. The summed E-state index contributed by atoms with van der Waals surface area (Å²) in [5, 5.41) is 7.47. The van der Waals surface area contributed by atoms with Gasteiger partial charge >= 0.3 is 6.09 Å². The smallest absolute Gasteiger partial charge is 0.410 e. The molecule has 15 heteroatoms. The molecule has 0 bridgehead atoms. The first-order valence-corrected chi connectivity index (χ1v) is 18.0. The van der Waals surface area contributed by atoms with Gasteiger partial charge in [-0.2, -0.15) is 4.98 Å². The molecule has 0 aliphatic carbocycles. The Morgan fingerprint density at radius 1 is 0.962 bits per heavy atom. The number of aromatic nitrogens is 3. The van der Waals surface area contributed by atoms with Gasteiger partial charge in [0.1, 0.15) is 23.7 Å². The minimum absolute atomic E-state index is 0.0213. The number of ether oxygens (including phenoxy) is 2. The molecule has 0 radical (unpaired) electrons. The molecule has 1 atom stereocenters. The highest BCUT2D eigenvalue weighted by Gasteiger charge is 2.30. The van der Waals surface area contributed by atoms with Gasteiger partial charge in [-0.3, -0.25) is 9.59 Å². The van der Waals surface area contributed by atoms with Crippen LogP contribution < -0.4 is 15.0 Å². The second-order valence-electron chi connectivity index (χ2n) is 13.1. The number of nitrogens with zero attached hydrogens (tertiary/aromatic N) is 5. The second-order valence-corrected chi connectivity index (χ2v) is 15.2. The number of carbonyl (C=O) groups excluding carboxylic acids is 3. The van der Waals surface area contributed by atoms with Crippen LogP contribution in [0.3, 0.4) is 0 Å². The van der Waals surface area contributed by atoms with Gasteiger partial charge in [-0.15, -0.1) is 5.10 Å². The van der Waals surface area contributed by atoms with Gasteiger partial charge in [-0.25, -0.2) is 27.0 Å². The monoisotopic (exact) mass is 730 g/mol. The van der Waals surface area contributed by atoms with Crippen LogP contribution in [0.4, 0.5) is 26.5 Å². The van der Waals surface area contributed by atoms with Crippen molar-refractivity contribution in [1.29, 1.82) is 0 Å². The molecule has 0 aliphatic heterocycles. The summed E-state index contributed by atoms with van der Waals surface area (Å²) in [6.45, 7) is 6.44. The molecule has 3 aromatic carbocycles. The molecule has 1 N–H and O–H groups in total. The largest absolute Gasteiger partial charge is 0.495 e. The van der Waals surface area contributed by atoms with E-state index in [1.165, 1.54) is 49.0 Å². The first-order chi connectivity index (χ1) is 24.4. The zero-order valence-electron chi connectivity index (χ0n) is 29.7. The van der Waals surface area contributed by atoms with Crippen LogP contribution in [0.5, 0.6) is 5.75 Å². The van der Waals surface area contributed by atoms with Crippen LogP contribution in [-0.2, 0) is 24.2 Å². The number of methoxy groups -OCH3 is 1. The van der Waals surface area contributed by atoms with Gasteiger partial charge < -0.3 is 19.7 Å². The topological polar surface area (TPSA) is 153 Å². The standard InChI is InChI=1S/C37H39FN6O7S/c1-23(24-8-13-27(38)14-9-24)34(46)39-28-15-10-25(11-16-28)26-12-19-32-40-35(41-43(32)21-26)44(33(45)22-42(5)36(47)51-37(2,3)4)30-18-17-29(52(7,48)49)20-31(30)50-6/h8-21,23H,22H2,1-7H3,(H,39,46)/t23-/m1/s1. The molecule has 0 saturated heterocycles. The summed E-state index contributed by atoms with van der Waals surface area (Å²) in [5.41, 5.74) is 2.57. The number of sulfone groups is 1. The van der Waals surface area contributed by atoms with E-state index in [0.717, 1.165) is 27.2 Å². The highest BCUT2D eigenvalue weighted by Crippen LogP contribution is 2.35. The Kier molecular flexibility index (Phi) is 10.7. The van der Waals surface area contributed by atoms with Crippen LogP contribution in [0, 0.1) is 5.82 Å². The zero-order valence-corrected chi connectivity index (χ0v) is 30.6. The lowest BCUT2D eigenvalue weighted by atomic mass is 10.00. The minimum Gasteiger partial charge on any atom is -0.495 e. The van der Waals surface area contributed by atoms with Crippen molar-refractivity contribution >= 4 is 50.7 Å². The molecular weight excluding hydrogens is 692 g/mol. The Bertz CT molecular complexity index is 2230. The van der Waals surface area contributed by atoms with E-state index in [9.17, 15) is 27.2 Å². The fourth-order valence-electron chi connectivity index (χ4n) is 5.14. The Morgan fingerprint density at radius 2 is 1.62 bits per heavy atom. The van der Waals surface area contributed by atoms with E-state index in [2.05, 4.69) is 15.4 Å². The van der Waals surface area contributed by atoms with Crippen LogP contribution >= 0.6 is 0 Å². The minimum atomic E-state index is -3.61. The molecule has 13 nitrogen and oxygen atoms in total. The summed E-state index contributed by atoms with van der Waals surface area (Å²) < 4.78 is 50.3. The van der Waals surface area contributed by atoms with Crippen molar-refractivity contribution in [2.75, 3.05) is 37.2 Å². The van der Waals surface area contributed by atoms with E-state index in [1.807, 2.05) is 18.2 Å². The van der Waals surface area contributed by atoms with Gasteiger partial charge in [0, 0.05) is 36.8 Å². The van der Waals surface area contributed by atoms with Crippen molar-refractivity contribution in [3.05, 3.63) is 96.4 Å². The highest BCUT2D eigenvalue weighted by molar-refractivity contribution is 7.90. The summed E-state index contributed by atoms with van der Waals surface area (Å²) in [4.78, 5) is 46.3. The van der Waals surface area contributed by atoms with Crippen molar-refractivity contribution in [3.8, 4) is 16.9 Å². The molecule has 2 heterocycles. The van der Waals surface area contributed by atoms with Crippen molar-refractivity contribution in [2.45, 2.75) is 44.1 Å².